The van der Waals surface area contributed by atoms with Crippen LogP contribution in [0, 0.1) is 6.92 Å². The molecule has 0 bridgehead atoms. The van der Waals surface area contributed by atoms with Crippen molar-refractivity contribution in [1.82, 2.24) is 9.97 Å². The molecule has 2 N–H and O–H groups in total. The van der Waals surface area contributed by atoms with Crippen molar-refractivity contribution in [2.45, 2.75) is 13.5 Å². The van der Waals surface area contributed by atoms with Crippen LogP contribution in [0.5, 0.6) is 0 Å². The quantitative estimate of drug-likeness (QED) is 0.709. The summed E-state index contributed by atoms with van der Waals surface area (Å²) in [7, 11) is 0. The van der Waals surface area contributed by atoms with Crippen LogP contribution in [0.15, 0.2) is 24.4 Å². The fraction of sp³-hybridized carbons (Fsp3) is 0.200. The molecule has 0 atom stereocenters. The topological polar surface area (TPSA) is 51.8 Å². The predicted molar refractivity (Wildman–Crippen MR) is 52.2 cm³/mol. The summed E-state index contributed by atoms with van der Waals surface area (Å²) in [5.41, 5.74) is 8.35. The van der Waals surface area contributed by atoms with Gasteiger partial charge in [0.25, 0.3) is 0 Å². The Labute approximate surface area is 76.6 Å². The zero-order valence-corrected chi connectivity index (χ0v) is 7.49. The molecular weight excluding hydrogens is 162 g/mol. The van der Waals surface area contributed by atoms with Gasteiger partial charge in [0.2, 0.25) is 0 Å². The zero-order valence-electron chi connectivity index (χ0n) is 7.49. The van der Waals surface area contributed by atoms with Crippen LogP contribution in [0.25, 0.3) is 10.9 Å². The van der Waals surface area contributed by atoms with Gasteiger partial charge in [-0.15, -0.1) is 0 Å². The van der Waals surface area contributed by atoms with Gasteiger partial charge in [0.1, 0.15) is 0 Å². The van der Waals surface area contributed by atoms with Gasteiger partial charge in [-0.1, -0.05) is 0 Å². The predicted octanol–water partition coefficient (Wildman–Crippen LogP) is 1.40. The Morgan fingerprint density at radius 3 is 3.00 bits per heavy atom. The van der Waals surface area contributed by atoms with Gasteiger partial charge in [-0.05, 0) is 25.1 Å². The fourth-order valence-electron chi connectivity index (χ4n) is 1.27. The Bertz CT molecular complexity index is 437. The van der Waals surface area contributed by atoms with Crippen molar-refractivity contribution < 1.29 is 0 Å². The molecule has 0 saturated carbocycles. The second-order valence-corrected chi connectivity index (χ2v) is 3.03. The second kappa shape index (κ2) is 3.11. The Morgan fingerprint density at radius 2 is 2.23 bits per heavy atom. The van der Waals surface area contributed by atoms with Crippen LogP contribution in [-0.4, -0.2) is 9.97 Å². The van der Waals surface area contributed by atoms with Gasteiger partial charge in [0, 0.05) is 23.8 Å². The van der Waals surface area contributed by atoms with E-state index >= 15 is 0 Å². The molecule has 0 saturated heterocycles. The molecule has 0 spiro atoms. The molecule has 2 rings (SSSR count). The van der Waals surface area contributed by atoms with E-state index in [9.17, 15) is 0 Å². The van der Waals surface area contributed by atoms with E-state index in [-0.39, 0.29) is 0 Å². The van der Waals surface area contributed by atoms with Gasteiger partial charge in [-0.2, -0.15) is 0 Å². The van der Waals surface area contributed by atoms with Crippen LogP contribution in [0.3, 0.4) is 0 Å². The molecular formula is C10H11N3. The molecule has 3 heteroatoms. The minimum atomic E-state index is 0.464. The van der Waals surface area contributed by atoms with Gasteiger partial charge in [-0.25, -0.2) is 0 Å². The first-order chi connectivity index (χ1) is 6.29. The van der Waals surface area contributed by atoms with Crippen LogP contribution in [-0.2, 0) is 6.54 Å². The van der Waals surface area contributed by atoms with Gasteiger partial charge in [-0.3, -0.25) is 9.97 Å². The van der Waals surface area contributed by atoms with Crippen molar-refractivity contribution in [2.75, 3.05) is 0 Å². The Kier molecular flexibility index (Phi) is 1.94. The summed E-state index contributed by atoms with van der Waals surface area (Å²) >= 11 is 0. The molecule has 13 heavy (non-hydrogen) atoms. The molecule has 0 amide bonds. The molecule has 2 aromatic rings. The standard InChI is InChI=1S/C10H11N3/c1-7-2-3-8-6-12-9(5-11)4-10(8)13-7/h2-4,6H,5,11H2,1H3. The molecule has 3 nitrogen and oxygen atoms in total. The van der Waals surface area contributed by atoms with Crippen molar-refractivity contribution in [3.63, 3.8) is 0 Å². The van der Waals surface area contributed by atoms with Crippen molar-refractivity contribution in [3.05, 3.63) is 35.8 Å². The second-order valence-electron chi connectivity index (χ2n) is 3.03. The van der Waals surface area contributed by atoms with E-state index < -0.39 is 0 Å². The maximum atomic E-state index is 5.49. The van der Waals surface area contributed by atoms with Crippen LogP contribution in [0.4, 0.5) is 0 Å². The summed E-state index contributed by atoms with van der Waals surface area (Å²) in [4.78, 5) is 8.58. The summed E-state index contributed by atoms with van der Waals surface area (Å²) in [6, 6.07) is 5.93. The number of pyridine rings is 2. The molecule has 2 heterocycles. The number of nitrogens with two attached hydrogens (primary N) is 1. The zero-order chi connectivity index (χ0) is 9.26. The van der Waals surface area contributed by atoms with E-state index in [0.29, 0.717) is 6.54 Å². The van der Waals surface area contributed by atoms with Gasteiger partial charge in [0.15, 0.2) is 0 Å². The monoisotopic (exact) mass is 173 g/mol. The Morgan fingerprint density at radius 1 is 1.38 bits per heavy atom. The summed E-state index contributed by atoms with van der Waals surface area (Å²) in [6.07, 6.45) is 1.81. The highest BCUT2D eigenvalue weighted by molar-refractivity contribution is 5.77. The third kappa shape index (κ3) is 1.51. The minimum absolute atomic E-state index is 0.464. The third-order valence-corrected chi connectivity index (χ3v) is 1.98. The third-order valence-electron chi connectivity index (χ3n) is 1.98. The van der Waals surface area contributed by atoms with E-state index in [1.54, 1.807) is 0 Å². The van der Waals surface area contributed by atoms with E-state index in [4.69, 9.17) is 5.73 Å². The van der Waals surface area contributed by atoms with Crippen molar-refractivity contribution in [1.29, 1.82) is 0 Å². The molecule has 66 valence electrons. The summed E-state index contributed by atoms with van der Waals surface area (Å²) in [5.74, 6) is 0. The lowest BCUT2D eigenvalue weighted by Gasteiger charge is -2.00. The molecule has 0 aromatic carbocycles. The normalized spacial score (nSPS) is 10.6. The van der Waals surface area contributed by atoms with E-state index in [1.807, 2.05) is 31.3 Å². The lowest BCUT2D eigenvalue weighted by atomic mass is 10.2. The number of nitrogens with zero attached hydrogens (tertiary/aromatic N) is 2. The molecule has 0 aliphatic rings. The van der Waals surface area contributed by atoms with E-state index in [2.05, 4.69) is 9.97 Å². The number of aromatic nitrogens is 2. The molecule has 0 fully saturated rings. The largest absolute Gasteiger partial charge is 0.325 e. The summed E-state index contributed by atoms with van der Waals surface area (Å²) in [6.45, 7) is 2.44. The maximum absolute atomic E-state index is 5.49. The molecule has 0 aliphatic heterocycles. The maximum Gasteiger partial charge on any atom is 0.0739 e. The highest BCUT2D eigenvalue weighted by Gasteiger charge is 1.97. The number of hydrogen-bond acceptors (Lipinski definition) is 3. The van der Waals surface area contributed by atoms with Crippen LogP contribution in [0.1, 0.15) is 11.4 Å². The lowest BCUT2D eigenvalue weighted by Crippen LogP contribution is -1.99. The number of fused-ring (bicyclic) bond motifs is 1. The van der Waals surface area contributed by atoms with Gasteiger partial charge >= 0.3 is 0 Å². The van der Waals surface area contributed by atoms with Crippen LogP contribution in [0.2, 0.25) is 0 Å². The fourth-order valence-corrected chi connectivity index (χ4v) is 1.27. The first kappa shape index (κ1) is 8.13. The highest BCUT2D eigenvalue weighted by atomic mass is 14.7. The number of rotatable bonds is 1. The van der Waals surface area contributed by atoms with Gasteiger partial charge in [0.05, 0.1) is 11.2 Å². The first-order valence-corrected chi connectivity index (χ1v) is 4.22. The highest BCUT2D eigenvalue weighted by Crippen LogP contribution is 2.11. The van der Waals surface area contributed by atoms with E-state index in [1.165, 1.54) is 0 Å². The average molecular weight is 173 g/mol. The smallest absolute Gasteiger partial charge is 0.0739 e. The average Bonchev–Trinajstić information content (AvgIpc) is 2.16. The number of aryl methyl sites for hydroxylation is 1. The Hall–Kier alpha value is -1.48. The summed E-state index contributed by atoms with van der Waals surface area (Å²) in [5, 5.41) is 1.06. The van der Waals surface area contributed by atoms with Crippen molar-refractivity contribution in [2.24, 2.45) is 5.73 Å². The summed E-state index contributed by atoms with van der Waals surface area (Å²) < 4.78 is 0. The number of hydrogen-bond donors (Lipinski definition) is 1. The lowest BCUT2D eigenvalue weighted by molar-refractivity contribution is 0.995. The Balaban J connectivity index is 2.68. The first-order valence-electron chi connectivity index (χ1n) is 4.22. The van der Waals surface area contributed by atoms with Gasteiger partial charge < -0.3 is 5.73 Å². The minimum Gasteiger partial charge on any atom is -0.325 e. The van der Waals surface area contributed by atoms with E-state index in [0.717, 1.165) is 22.3 Å². The van der Waals surface area contributed by atoms with Crippen molar-refractivity contribution in [3.8, 4) is 0 Å². The van der Waals surface area contributed by atoms with Crippen LogP contribution < -0.4 is 5.73 Å². The molecule has 2 aromatic heterocycles. The molecule has 0 aliphatic carbocycles. The van der Waals surface area contributed by atoms with Crippen LogP contribution >= 0.6 is 0 Å². The van der Waals surface area contributed by atoms with Crippen molar-refractivity contribution >= 4 is 10.9 Å². The molecule has 0 radical (unpaired) electrons. The molecule has 0 unspecified atom stereocenters. The SMILES string of the molecule is Cc1ccc2cnc(CN)cc2n1.